The quantitative estimate of drug-likeness (QED) is 0.247. The molecule has 3 aromatic rings. The minimum Gasteiger partial charge on any atom is -0.490 e. The molecule has 0 radical (unpaired) electrons. The summed E-state index contributed by atoms with van der Waals surface area (Å²) >= 11 is 6.78. The van der Waals surface area contributed by atoms with E-state index < -0.39 is 5.91 Å². The Hall–Kier alpha value is -3.08. The predicted molar refractivity (Wildman–Crippen MR) is 132 cm³/mol. The number of nitrogens with one attached hydrogen (secondary N) is 1. The van der Waals surface area contributed by atoms with Crippen molar-refractivity contribution in [2.24, 2.45) is 0 Å². The van der Waals surface area contributed by atoms with E-state index in [2.05, 4.69) is 37.2 Å². The lowest BCUT2D eigenvalue weighted by molar-refractivity contribution is -0.112. The summed E-state index contributed by atoms with van der Waals surface area (Å²) in [6.07, 6.45) is 1.52. The van der Waals surface area contributed by atoms with Gasteiger partial charge in [0.25, 0.3) is 5.91 Å². The Morgan fingerprint density at radius 3 is 2.47 bits per heavy atom. The van der Waals surface area contributed by atoms with Crippen molar-refractivity contribution in [3.8, 4) is 17.6 Å². The fourth-order valence-electron chi connectivity index (χ4n) is 2.82. The second-order valence-corrected chi connectivity index (χ2v) is 8.52. The highest BCUT2D eigenvalue weighted by atomic mass is 79.9. The van der Waals surface area contributed by atoms with Crippen LogP contribution in [0.2, 0.25) is 0 Å². The summed E-state index contributed by atoms with van der Waals surface area (Å²) in [4.78, 5) is 12.5. The van der Waals surface area contributed by atoms with Crippen LogP contribution < -0.4 is 14.8 Å². The third kappa shape index (κ3) is 6.71. The molecule has 0 unspecified atom stereocenters. The average molecular weight is 556 g/mol. The molecule has 3 rings (SSSR count). The van der Waals surface area contributed by atoms with Crippen LogP contribution >= 0.6 is 31.9 Å². The summed E-state index contributed by atoms with van der Waals surface area (Å²) in [6, 6.07) is 22.3. The number of nitriles is 1. The van der Waals surface area contributed by atoms with Gasteiger partial charge in [0.2, 0.25) is 0 Å². The van der Waals surface area contributed by atoms with Gasteiger partial charge < -0.3 is 14.8 Å². The lowest BCUT2D eigenvalue weighted by Crippen LogP contribution is -2.13. The van der Waals surface area contributed by atoms with E-state index in [1.54, 1.807) is 36.4 Å². The normalized spacial score (nSPS) is 10.9. The van der Waals surface area contributed by atoms with Crippen LogP contribution in [0.5, 0.6) is 11.5 Å². The second kappa shape index (κ2) is 11.5. The van der Waals surface area contributed by atoms with E-state index in [-0.39, 0.29) is 5.57 Å². The average Bonchev–Trinajstić information content (AvgIpc) is 2.78. The molecule has 0 spiro atoms. The van der Waals surface area contributed by atoms with Crippen LogP contribution in [-0.2, 0) is 11.4 Å². The van der Waals surface area contributed by atoms with Crippen LogP contribution in [0, 0.1) is 11.3 Å². The Morgan fingerprint density at radius 2 is 1.78 bits per heavy atom. The number of hydrogen-bond donors (Lipinski definition) is 1. The molecule has 0 aromatic heterocycles. The van der Waals surface area contributed by atoms with Crippen molar-refractivity contribution < 1.29 is 14.3 Å². The van der Waals surface area contributed by atoms with Gasteiger partial charge in [0.05, 0.1) is 6.61 Å². The number of anilines is 1. The van der Waals surface area contributed by atoms with Crippen LogP contribution in [0.3, 0.4) is 0 Å². The molecule has 3 aromatic carbocycles. The number of halogens is 2. The fraction of sp³-hybridized carbons (Fsp3) is 0.120. The molecule has 0 heterocycles. The lowest BCUT2D eigenvalue weighted by Gasteiger charge is -2.13. The number of carbonyl (C=O) groups is 1. The maximum absolute atomic E-state index is 12.5. The summed E-state index contributed by atoms with van der Waals surface area (Å²) < 4.78 is 13.5. The topological polar surface area (TPSA) is 71.3 Å². The molecule has 0 fully saturated rings. The van der Waals surface area contributed by atoms with Crippen molar-refractivity contribution in [1.29, 1.82) is 5.26 Å². The van der Waals surface area contributed by atoms with E-state index in [1.165, 1.54) is 6.08 Å². The maximum Gasteiger partial charge on any atom is 0.266 e. The number of hydrogen-bond acceptors (Lipinski definition) is 4. The van der Waals surface area contributed by atoms with Gasteiger partial charge in [0.1, 0.15) is 18.2 Å². The van der Waals surface area contributed by atoms with E-state index in [0.29, 0.717) is 36.0 Å². The van der Waals surface area contributed by atoms with Gasteiger partial charge in [-0.15, -0.1) is 0 Å². The predicted octanol–water partition coefficient (Wildman–Crippen LogP) is 6.73. The van der Waals surface area contributed by atoms with E-state index in [0.717, 1.165) is 14.5 Å². The zero-order valence-electron chi connectivity index (χ0n) is 17.3. The van der Waals surface area contributed by atoms with Gasteiger partial charge in [0, 0.05) is 14.6 Å². The number of rotatable bonds is 8. The van der Waals surface area contributed by atoms with Gasteiger partial charge in [-0.1, -0.05) is 56.1 Å². The summed E-state index contributed by atoms with van der Waals surface area (Å²) in [7, 11) is 0. The molecule has 0 saturated carbocycles. The highest BCUT2D eigenvalue weighted by Gasteiger charge is 2.12. The summed E-state index contributed by atoms with van der Waals surface area (Å²) in [5.74, 6) is 0.645. The van der Waals surface area contributed by atoms with Crippen molar-refractivity contribution in [2.45, 2.75) is 13.5 Å². The number of nitrogens with zero attached hydrogens (tertiary/aromatic N) is 1. The monoisotopic (exact) mass is 554 g/mol. The van der Waals surface area contributed by atoms with Crippen LogP contribution in [0.4, 0.5) is 5.69 Å². The van der Waals surface area contributed by atoms with Crippen LogP contribution in [-0.4, -0.2) is 12.5 Å². The summed E-state index contributed by atoms with van der Waals surface area (Å²) in [5.41, 5.74) is 2.26. The second-order valence-electron chi connectivity index (χ2n) is 6.69. The molecule has 7 heteroatoms. The molecule has 0 bridgehead atoms. The van der Waals surface area contributed by atoms with Gasteiger partial charge in [-0.2, -0.15) is 5.26 Å². The molecule has 1 N–H and O–H groups in total. The largest absolute Gasteiger partial charge is 0.490 e. The van der Waals surface area contributed by atoms with E-state index in [9.17, 15) is 10.1 Å². The summed E-state index contributed by atoms with van der Waals surface area (Å²) in [5, 5.41) is 12.2. The first-order valence-electron chi connectivity index (χ1n) is 9.81. The highest BCUT2D eigenvalue weighted by Crippen LogP contribution is 2.30. The smallest absolute Gasteiger partial charge is 0.266 e. The molecule has 0 atom stereocenters. The zero-order chi connectivity index (χ0) is 22.9. The maximum atomic E-state index is 12.5. The number of carbonyl (C=O) groups excluding carboxylic acids is 1. The van der Waals surface area contributed by atoms with Crippen LogP contribution in [0.15, 0.2) is 81.2 Å². The Kier molecular flexibility index (Phi) is 8.48. The van der Waals surface area contributed by atoms with E-state index in [1.807, 2.05) is 43.3 Å². The molecule has 0 aliphatic rings. The van der Waals surface area contributed by atoms with Gasteiger partial charge in [-0.3, -0.25) is 4.79 Å². The Labute approximate surface area is 203 Å². The first-order valence-corrected chi connectivity index (χ1v) is 11.4. The van der Waals surface area contributed by atoms with Crippen molar-refractivity contribution in [1.82, 2.24) is 0 Å². The van der Waals surface area contributed by atoms with Gasteiger partial charge >= 0.3 is 0 Å². The molecule has 32 heavy (non-hydrogen) atoms. The third-order valence-corrected chi connectivity index (χ3v) is 5.36. The molecular weight excluding hydrogens is 536 g/mol. The first kappa shape index (κ1) is 23.6. The lowest BCUT2D eigenvalue weighted by atomic mass is 10.1. The number of benzene rings is 3. The number of amides is 1. The highest BCUT2D eigenvalue weighted by molar-refractivity contribution is 9.10. The minimum atomic E-state index is -0.487. The van der Waals surface area contributed by atoms with Crippen LogP contribution in [0.1, 0.15) is 18.1 Å². The zero-order valence-corrected chi connectivity index (χ0v) is 20.4. The Morgan fingerprint density at radius 1 is 1.00 bits per heavy atom. The SMILES string of the molecule is CCOc1cc(/C=C(/C#N)C(=O)Nc2cccc(Br)c2)ccc1OCc1ccc(Br)cc1. The Balaban J connectivity index is 1.77. The first-order chi connectivity index (χ1) is 15.5. The van der Waals surface area contributed by atoms with Gasteiger partial charge in [-0.25, -0.2) is 0 Å². The molecule has 0 aliphatic carbocycles. The fourth-order valence-corrected chi connectivity index (χ4v) is 3.49. The molecule has 162 valence electrons. The third-order valence-electron chi connectivity index (χ3n) is 4.33. The van der Waals surface area contributed by atoms with E-state index >= 15 is 0 Å². The van der Waals surface area contributed by atoms with Crippen molar-refractivity contribution in [3.05, 3.63) is 92.4 Å². The van der Waals surface area contributed by atoms with Crippen molar-refractivity contribution >= 4 is 49.5 Å². The standard InChI is InChI=1S/C25H20Br2N2O3/c1-2-31-24-13-18(8-11-23(24)32-16-17-6-9-20(26)10-7-17)12-19(15-28)25(30)29-22-5-3-4-21(27)14-22/h3-14H,2,16H2,1H3,(H,29,30)/b19-12-. The van der Waals surface area contributed by atoms with Crippen molar-refractivity contribution in [3.63, 3.8) is 0 Å². The molecule has 0 saturated heterocycles. The van der Waals surface area contributed by atoms with E-state index in [4.69, 9.17) is 9.47 Å². The minimum absolute atomic E-state index is 0.0176. The number of ether oxygens (including phenoxy) is 2. The van der Waals surface area contributed by atoms with Crippen molar-refractivity contribution in [2.75, 3.05) is 11.9 Å². The summed E-state index contributed by atoms with van der Waals surface area (Å²) in [6.45, 7) is 2.73. The molecule has 1 amide bonds. The molecule has 5 nitrogen and oxygen atoms in total. The Bertz CT molecular complexity index is 1170. The molecular formula is C25H20Br2N2O3. The van der Waals surface area contributed by atoms with Gasteiger partial charge in [-0.05, 0) is 66.6 Å². The van der Waals surface area contributed by atoms with Crippen LogP contribution in [0.25, 0.3) is 6.08 Å². The van der Waals surface area contributed by atoms with Gasteiger partial charge in [0.15, 0.2) is 11.5 Å². The molecule has 0 aliphatic heterocycles.